The molecule has 9 heteroatoms. The molecular formula is C35H50O9. The minimum Gasteiger partial charge on any atom is -0.490 e. The van der Waals surface area contributed by atoms with E-state index in [-0.39, 0.29) is 12.2 Å². The van der Waals surface area contributed by atoms with Gasteiger partial charge in [0.15, 0.2) is 17.6 Å². The van der Waals surface area contributed by atoms with E-state index in [0.29, 0.717) is 42.6 Å². The van der Waals surface area contributed by atoms with Crippen LogP contribution >= 0.6 is 0 Å². The predicted molar refractivity (Wildman–Crippen MR) is 166 cm³/mol. The predicted octanol–water partition coefficient (Wildman–Crippen LogP) is 6.31. The molecule has 244 valence electrons. The molecule has 0 spiro atoms. The van der Waals surface area contributed by atoms with E-state index in [9.17, 15) is 15.0 Å². The van der Waals surface area contributed by atoms with Crippen LogP contribution < -0.4 is 14.2 Å². The van der Waals surface area contributed by atoms with Gasteiger partial charge < -0.3 is 38.6 Å². The summed E-state index contributed by atoms with van der Waals surface area (Å²) in [5.41, 5.74) is 1.65. The third kappa shape index (κ3) is 8.65. The van der Waals surface area contributed by atoms with E-state index in [1.54, 1.807) is 13.2 Å². The van der Waals surface area contributed by atoms with Gasteiger partial charge in [-0.15, -0.1) is 0 Å². The number of carbonyl (C=O) groups is 1. The van der Waals surface area contributed by atoms with Crippen molar-refractivity contribution in [2.24, 2.45) is 0 Å². The molecule has 2 N–H and O–H groups in total. The second-order valence-electron chi connectivity index (χ2n) is 11.7. The highest BCUT2D eigenvalue weighted by atomic mass is 16.6. The molecule has 5 atom stereocenters. The Morgan fingerprint density at radius 3 is 2.14 bits per heavy atom. The minimum absolute atomic E-state index is 0.0313. The van der Waals surface area contributed by atoms with Crippen molar-refractivity contribution in [3.8, 4) is 17.2 Å². The zero-order chi connectivity index (χ0) is 31.3. The first-order valence-corrected chi connectivity index (χ1v) is 16.3. The zero-order valence-electron chi connectivity index (χ0n) is 26.5. The lowest BCUT2D eigenvalue weighted by Crippen LogP contribution is -2.58. The van der Waals surface area contributed by atoms with E-state index < -0.39 is 36.5 Å². The molecule has 2 aromatic rings. The number of unbranched alkanes of at least 4 members (excludes halogenated alkanes) is 8. The number of hydrogen-bond donors (Lipinski definition) is 2. The fourth-order valence-corrected chi connectivity index (χ4v) is 5.79. The molecule has 2 aliphatic heterocycles. The topological polar surface area (TPSA) is 113 Å². The number of ether oxygens (including phenoxy) is 6. The highest BCUT2D eigenvalue weighted by molar-refractivity contribution is 5.95. The van der Waals surface area contributed by atoms with Crippen LogP contribution in [0.15, 0.2) is 36.4 Å². The van der Waals surface area contributed by atoms with Crippen molar-refractivity contribution in [2.45, 2.75) is 115 Å². The highest BCUT2D eigenvalue weighted by Crippen LogP contribution is 2.51. The summed E-state index contributed by atoms with van der Waals surface area (Å²) in [6.07, 6.45) is 5.09. The third-order valence-electron chi connectivity index (χ3n) is 8.27. The molecule has 0 bridgehead atoms. The van der Waals surface area contributed by atoms with Gasteiger partial charge >= 0.3 is 5.97 Å². The van der Waals surface area contributed by atoms with Crippen molar-refractivity contribution in [3.63, 3.8) is 0 Å². The fraction of sp³-hybridized carbons (Fsp3) is 0.629. The van der Waals surface area contributed by atoms with Crippen LogP contribution in [-0.2, 0) is 20.8 Å². The first-order chi connectivity index (χ1) is 21.5. The summed E-state index contributed by atoms with van der Waals surface area (Å²) < 4.78 is 36.3. The Morgan fingerprint density at radius 2 is 1.48 bits per heavy atom. The molecule has 0 radical (unpaired) electrons. The third-order valence-corrected chi connectivity index (χ3v) is 8.27. The molecular weight excluding hydrogens is 564 g/mol. The molecule has 44 heavy (non-hydrogen) atoms. The highest BCUT2D eigenvalue weighted by Gasteiger charge is 2.52. The first-order valence-electron chi connectivity index (χ1n) is 16.3. The van der Waals surface area contributed by atoms with Gasteiger partial charge in [0.05, 0.1) is 39.1 Å². The van der Waals surface area contributed by atoms with Gasteiger partial charge in [0.25, 0.3) is 0 Å². The van der Waals surface area contributed by atoms with Crippen molar-refractivity contribution in [2.75, 3.05) is 26.9 Å². The normalized spacial score (nSPS) is 22.6. The van der Waals surface area contributed by atoms with Gasteiger partial charge in [-0.2, -0.15) is 0 Å². The first kappa shape index (κ1) is 34.0. The molecule has 2 heterocycles. The largest absolute Gasteiger partial charge is 0.490 e. The number of hydrogen-bond acceptors (Lipinski definition) is 9. The summed E-state index contributed by atoms with van der Waals surface area (Å²) in [6, 6.07) is 11.3. The lowest BCUT2D eigenvalue weighted by Gasteiger charge is -2.45. The van der Waals surface area contributed by atoms with E-state index in [0.717, 1.165) is 63.4 Å². The summed E-state index contributed by atoms with van der Waals surface area (Å²) in [6.45, 7) is 5.59. The summed E-state index contributed by atoms with van der Waals surface area (Å²) in [5.74, 6) is 0.483. The van der Waals surface area contributed by atoms with Crippen LogP contribution in [0.3, 0.4) is 0 Å². The molecule has 0 aliphatic carbocycles. The van der Waals surface area contributed by atoms with E-state index in [2.05, 4.69) is 13.8 Å². The second kappa shape index (κ2) is 17.6. The Hall–Kier alpha value is -2.85. The van der Waals surface area contributed by atoms with Crippen molar-refractivity contribution in [1.82, 2.24) is 0 Å². The quantitative estimate of drug-likeness (QED) is 0.139. The molecule has 1 saturated heterocycles. The molecule has 4 rings (SSSR count). The average molecular weight is 615 g/mol. The fourth-order valence-electron chi connectivity index (χ4n) is 5.79. The minimum atomic E-state index is -1.39. The van der Waals surface area contributed by atoms with Crippen molar-refractivity contribution in [3.05, 3.63) is 53.1 Å². The van der Waals surface area contributed by atoms with Gasteiger partial charge in [0.2, 0.25) is 5.75 Å². The Bertz CT molecular complexity index is 1150. The molecule has 0 amide bonds. The van der Waals surface area contributed by atoms with Crippen LogP contribution in [-0.4, -0.2) is 67.5 Å². The van der Waals surface area contributed by atoms with Crippen LogP contribution in [0, 0.1) is 0 Å². The standard InChI is InChI=1S/C35H50O9/c1-4-6-8-10-15-19-41-26-21-25-28(32(31(26)39-3)42-20-16-11-9-7-5-2)33-34(44-35(25)38)30(37)29(36)27(43-33)23-40-22-24-17-13-12-14-18-24/h12-14,17-18,21,27,29-30,33-34,36-37H,4-11,15-16,19-20,22-23H2,1-3H3/t27-,29-,30+,33+,34-/m1/s1. The van der Waals surface area contributed by atoms with Crippen LogP contribution in [0.4, 0.5) is 0 Å². The monoisotopic (exact) mass is 614 g/mol. The zero-order valence-corrected chi connectivity index (χ0v) is 26.5. The SMILES string of the molecule is CCCCCCCOc1cc2c(c(OCCCCCCC)c1OC)[C@@H]1O[C@H](COCc3ccccc3)[C@@H](O)[C@H](O)[C@H]1OC2=O. The van der Waals surface area contributed by atoms with Crippen molar-refractivity contribution < 1.29 is 43.4 Å². The van der Waals surface area contributed by atoms with Crippen molar-refractivity contribution in [1.29, 1.82) is 0 Å². The Morgan fingerprint density at radius 1 is 0.818 bits per heavy atom. The number of benzene rings is 2. The molecule has 1 fully saturated rings. The molecule has 0 unspecified atom stereocenters. The average Bonchev–Trinajstić information content (AvgIpc) is 3.03. The maximum absolute atomic E-state index is 13.4. The van der Waals surface area contributed by atoms with Crippen molar-refractivity contribution >= 4 is 5.97 Å². The molecule has 0 aromatic heterocycles. The van der Waals surface area contributed by atoms with Crippen LogP contribution in [0.25, 0.3) is 0 Å². The van der Waals surface area contributed by atoms with Gasteiger partial charge in [-0.25, -0.2) is 4.79 Å². The molecule has 9 nitrogen and oxygen atoms in total. The van der Waals surface area contributed by atoms with Gasteiger partial charge in [-0.1, -0.05) is 95.5 Å². The molecule has 0 saturated carbocycles. The lowest BCUT2D eigenvalue weighted by atomic mass is 9.86. The summed E-state index contributed by atoms with van der Waals surface area (Å²) in [4.78, 5) is 13.4. The van der Waals surface area contributed by atoms with Gasteiger partial charge in [-0.3, -0.25) is 0 Å². The van der Waals surface area contributed by atoms with E-state index in [4.69, 9.17) is 28.4 Å². The van der Waals surface area contributed by atoms with E-state index in [1.807, 2.05) is 30.3 Å². The van der Waals surface area contributed by atoms with Crippen LogP contribution in [0.5, 0.6) is 17.2 Å². The Kier molecular flexibility index (Phi) is 13.6. The number of esters is 1. The smallest absolute Gasteiger partial charge is 0.339 e. The summed E-state index contributed by atoms with van der Waals surface area (Å²) >= 11 is 0. The number of methoxy groups -OCH3 is 1. The number of fused-ring (bicyclic) bond motifs is 3. The molecule has 2 aromatic carbocycles. The number of aliphatic hydroxyl groups is 2. The van der Waals surface area contributed by atoms with Gasteiger partial charge in [-0.05, 0) is 24.5 Å². The lowest BCUT2D eigenvalue weighted by molar-refractivity contribution is -0.239. The maximum atomic E-state index is 13.4. The van der Waals surface area contributed by atoms with Crippen LogP contribution in [0.2, 0.25) is 0 Å². The number of rotatable bonds is 19. The van der Waals surface area contributed by atoms with E-state index in [1.165, 1.54) is 6.42 Å². The van der Waals surface area contributed by atoms with Gasteiger partial charge in [0.1, 0.15) is 24.4 Å². The molecule has 2 aliphatic rings. The maximum Gasteiger partial charge on any atom is 0.339 e. The number of carbonyl (C=O) groups excluding carboxylic acids is 1. The Labute approximate surface area is 261 Å². The van der Waals surface area contributed by atoms with E-state index >= 15 is 0 Å². The summed E-state index contributed by atoms with van der Waals surface area (Å²) in [5, 5.41) is 22.0. The second-order valence-corrected chi connectivity index (χ2v) is 11.7. The Balaban J connectivity index is 1.59. The number of aliphatic hydroxyl groups excluding tert-OH is 2. The van der Waals surface area contributed by atoms with Crippen LogP contribution in [0.1, 0.15) is 106 Å². The van der Waals surface area contributed by atoms with Gasteiger partial charge in [0, 0.05) is 5.56 Å². The summed E-state index contributed by atoms with van der Waals surface area (Å²) in [7, 11) is 1.54.